The molecule has 4 unspecified atom stereocenters. The van der Waals surface area contributed by atoms with E-state index in [0.717, 1.165) is 23.7 Å². The van der Waals surface area contributed by atoms with Crippen molar-refractivity contribution in [1.29, 1.82) is 0 Å². The highest BCUT2D eigenvalue weighted by Crippen LogP contribution is 2.54. The third-order valence-corrected chi connectivity index (χ3v) is 5.14. The quantitative estimate of drug-likeness (QED) is 0.537. The lowest BCUT2D eigenvalue weighted by Crippen LogP contribution is -2.21. The van der Waals surface area contributed by atoms with E-state index in [4.69, 9.17) is 0 Å². The van der Waals surface area contributed by atoms with Crippen molar-refractivity contribution in [2.75, 3.05) is 0 Å². The maximum absolute atomic E-state index is 2.42. The van der Waals surface area contributed by atoms with Gasteiger partial charge in [0.2, 0.25) is 0 Å². The van der Waals surface area contributed by atoms with Gasteiger partial charge in [-0.05, 0) is 49.4 Å². The highest BCUT2D eigenvalue weighted by atomic mass is 14.5. The number of unbranched alkanes of at least 4 members (excludes halogenated alkanes) is 3. The molecule has 0 radical (unpaired) electrons. The van der Waals surface area contributed by atoms with Gasteiger partial charge in [-0.25, -0.2) is 0 Å². The lowest BCUT2D eigenvalue weighted by molar-refractivity contribution is 0.198. The summed E-state index contributed by atoms with van der Waals surface area (Å²) in [7, 11) is 0. The maximum atomic E-state index is 2.42. The average Bonchev–Trinajstić information content (AvgIpc) is 2.84. The summed E-state index contributed by atoms with van der Waals surface area (Å²) >= 11 is 0. The summed E-state index contributed by atoms with van der Waals surface area (Å²) in [6.07, 6.45) is 13.6. The Balaban J connectivity index is 1.75. The predicted octanol–water partition coefficient (Wildman–Crippen LogP) is 5.03. The molecule has 4 atom stereocenters. The SMILES string of the molecule is CCCCCCC1C2CCC(C2)C1CC. The molecule has 2 bridgehead atoms. The van der Waals surface area contributed by atoms with E-state index >= 15 is 0 Å². The Bertz CT molecular complexity index is 184. The molecule has 0 saturated heterocycles. The van der Waals surface area contributed by atoms with Gasteiger partial charge >= 0.3 is 0 Å². The van der Waals surface area contributed by atoms with E-state index in [1.165, 1.54) is 32.1 Å². The van der Waals surface area contributed by atoms with Gasteiger partial charge in [-0.3, -0.25) is 0 Å². The molecule has 2 aliphatic rings. The average molecular weight is 208 g/mol. The fourth-order valence-electron chi connectivity index (χ4n) is 4.42. The Morgan fingerprint density at radius 1 is 0.867 bits per heavy atom. The van der Waals surface area contributed by atoms with E-state index in [-0.39, 0.29) is 0 Å². The zero-order chi connectivity index (χ0) is 10.7. The molecule has 0 amide bonds. The van der Waals surface area contributed by atoms with Crippen LogP contribution in [-0.4, -0.2) is 0 Å². The van der Waals surface area contributed by atoms with Crippen LogP contribution in [0.1, 0.15) is 71.6 Å². The molecule has 0 aromatic carbocycles. The van der Waals surface area contributed by atoms with Crippen LogP contribution in [0.2, 0.25) is 0 Å². The first-order chi connectivity index (χ1) is 7.36. The summed E-state index contributed by atoms with van der Waals surface area (Å²) in [6, 6.07) is 0. The Morgan fingerprint density at radius 3 is 2.27 bits per heavy atom. The minimum absolute atomic E-state index is 1.12. The topological polar surface area (TPSA) is 0 Å². The van der Waals surface area contributed by atoms with Crippen LogP contribution in [0, 0.1) is 23.7 Å². The summed E-state index contributed by atoms with van der Waals surface area (Å²) in [5.41, 5.74) is 0. The summed E-state index contributed by atoms with van der Waals surface area (Å²) < 4.78 is 0. The lowest BCUT2D eigenvalue weighted by atomic mass is 9.75. The van der Waals surface area contributed by atoms with Crippen LogP contribution < -0.4 is 0 Å². The fourth-order valence-corrected chi connectivity index (χ4v) is 4.42. The lowest BCUT2D eigenvalue weighted by Gasteiger charge is -2.30. The maximum Gasteiger partial charge on any atom is -0.0355 e. The van der Waals surface area contributed by atoms with Crippen LogP contribution >= 0.6 is 0 Å². The van der Waals surface area contributed by atoms with Crippen LogP contribution in [0.5, 0.6) is 0 Å². The van der Waals surface area contributed by atoms with Crippen LogP contribution in [0.15, 0.2) is 0 Å². The summed E-state index contributed by atoms with van der Waals surface area (Å²) in [5.74, 6) is 4.52. The predicted molar refractivity (Wildman–Crippen MR) is 66.9 cm³/mol. The smallest absolute Gasteiger partial charge is 0.0355 e. The third-order valence-electron chi connectivity index (χ3n) is 5.14. The molecule has 2 rings (SSSR count). The van der Waals surface area contributed by atoms with Crippen molar-refractivity contribution >= 4 is 0 Å². The fraction of sp³-hybridized carbons (Fsp3) is 1.00. The van der Waals surface area contributed by atoms with Crippen molar-refractivity contribution in [3.05, 3.63) is 0 Å². The standard InChI is InChI=1S/C15H28/c1-3-5-6-7-8-15-13-10-9-12(11-13)14(15)4-2/h12-15H,3-11H2,1-2H3. The van der Waals surface area contributed by atoms with Crippen LogP contribution in [0.4, 0.5) is 0 Å². The summed E-state index contributed by atoms with van der Waals surface area (Å²) in [5, 5.41) is 0. The van der Waals surface area contributed by atoms with Crippen molar-refractivity contribution in [2.24, 2.45) is 23.7 Å². The number of hydrogen-bond acceptors (Lipinski definition) is 0. The molecule has 2 aliphatic carbocycles. The molecular formula is C15H28. The zero-order valence-electron chi connectivity index (χ0n) is 10.7. The van der Waals surface area contributed by atoms with Crippen LogP contribution in [0.3, 0.4) is 0 Å². The van der Waals surface area contributed by atoms with Crippen molar-refractivity contribution in [2.45, 2.75) is 71.6 Å². The second kappa shape index (κ2) is 5.37. The third kappa shape index (κ3) is 2.40. The molecule has 2 fully saturated rings. The zero-order valence-corrected chi connectivity index (χ0v) is 10.7. The molecule has 0 aliphatic heterocycles. The molecule has 2 saturated carbocycles. The summed E-state index contributed by atoms with van der Waals surface area (Å²) in [4.78, 5) is 0. The van der Waals surface area contributed by atoms with E-state index in [2.05, 4.69) is 13.8 Å². The minimum atomic E-state index is 1.12. The molecule has 15 heavy (non-hydrogen) atoms. The van der Waals surface area contributed by atoms with Crippen LogP contribution in [-0.2, 0) is 0 Å². The van der Waals surface area contributed by atoms with Gasteiger partial charge in [-0.15, -0.1) is 0 Å². The monoisotopic (exact) mass is 208 g/mol. The Kier molecular flexibility index (Phi) is 4.11. The van der Waals surface area contributed by atoms with Crippen molar-refractivity contribution in [3.63, 3.8) is 0 Å². The number of fused-ring (bicyclic) bond motifs is 2. The highest BCUT2D eigenvalue weighted by molar-refractivity contribution is 4.95. The van der Waals surface area contributed by atoms with Gasteiger partial charge < -0.3 is 0 Å². The number of hydrogen-bond donors (Lipinski definition) is 0. The van der Waals surface area contributed by atoms with Gasteiger partial charge in [0, 0.05) is 0 Å². The first-order valence-electron chi connectivity index (χ1n) is 7.36. The molecule has 0 spiro atoms. The van der Waals surface area contributed by atoms with Gasteiger partial charge in [-0.1, -0.05) is 46.0 Å². The second-order valence-corrected chi connectivity index (χ2v) is 5.92. The van der Waals surface area contributed by atoms with Gasteiger partial charge in [0.05, 0.1) is 0 Å². The van der Waals surface area contributed by atoms with Gasteiger partial charge in [0.25, 0.3) is 0 Å². The molecule has 0 heteroatoms. The largest absolute Gasteiger partial charge is 0.0654 e. The van der Waals surface area contributed by atoms with Crippen LogP contribution in [0.25, 0.3) is 0 Å². The molecule has 0 N–H and O–H groups in total. The van der Waals surface area contributed by atoms with E-state index in [9.17, 15) is 0 Å². The molecule has 0 aromatic rings. The van der Waals surface area contributed by atoms with Crippen molar-refractivity contribution in [1.82, 2.24) is 0 Å². The molecule has 0 heterocycles. The normalized spacial score (nSPS) is 38.8. The molecule has 0 aromatic heterocycles. The van der Waals surface area contributed by atoms with Gasteiger partial charge in [0.1, 0.15) is 0 Å². The first-order valence-corrected chi connectivity index (χ1v) is 7.36. The molecular weight excluding hydrogens is 180 g/mol. The minimum Gasteiger partial charge on any atom is -0.0654 e. The second-order valence-electron chi connectivity index (χ2n) is 5.92. The molecule has 88 valence electrons. The van der Waals surface area contributed by atoms with Gasteiger partial charge in [-0.2, -0.15) is 0 Å². The van der Waals surface area contributed by atoms with E-state index in [1.807, 2.05) is 0 Å². The Morgan fingerprint density at radius 2 is 1.60 bits per heavy atom. The van der Waals surface area contributed by atoms with E-state index in [1.54, 1.807) is 25.7 Å². The Hall–Kier alpha value is 0. The molecule has 0 nitrogen and oxygen atoms in total. The summed E-state index contributed by atoms with van der Waals surface area (Å²) in [6.45, 7) is 4.73. The number of rotatable bonds is 6. The highest BCUT2D eigenvalue weighted by Gasteiger charge is 2.45. The first kappa shape index (κ1) is 11.5. The van der Waals surface area contributed by atoms with E-state index in [0.29, 0.717) is 0 Å². The van der Waals surface area contributed by atoms with E-state index < -0.39 is 0 Å². The van der Waals surface area contributed by atoms with Gasteiger partial charge in [0.15, 0.2) is 0 Å². The van der Waals surface area contributed by atoms with Crippen molar-refractivity contribution in [3.8, 4) is 0 Å². The van der Waals surface area contributed by atoms with Crippen molar-refractivity contribution < 1.29 is 0 Å². The Labute approximate surface area is 95.8 Å².